The maximum absolute atomic E-state index is 5.23. The minimum atomic E-state index is 0.625. The van der Waals surface area contributed by atoms with Crippen LogP contribution in [0.3, 0.4) is 0 Å². The van der Waals surface area contributed by atoms with Gasteiger partial charge in [0.05, 0.1) is 11.6 Å². The largest absolute Gasteiger partial charge is 0.384 e. The molecular weight excluding hydrogens is 272 g/mol. The van der Waals surface area contributed by atoms with Gasteiger partial charge < -0.3 is 15.0 Å². The van der Waals surface area contributed by atoms with Crippen LogP contribution in [0.5, 0.6) is 0 Å². The van der Waals surface area contributed by atoms with Crippen molar-refractivity contribution in [2.45, 2.75) is 19.8 Å². The number of nitrogens with one attached hydrogen (secondary N) is 1. The number of rotatable bonds is 5. The fraction of sp³-hybridized carbons (Fsp3) is 0.714. The number of methoxy groups -OCH3 is 1. The lowest BCUT2D eigenvalue weighted by Gasteiger charge is -2.21. The summed E-state index contributed by atoms with van der Waals surface area (Å²) in [7, 11) is 3.62. The van der Waals surface area contributed by atoms with Crippen LogP contribution in [0.4, 0.5) is 0 Å². The number of aromatic nitrogens is 1. The molecule has 0 bridgehead atoms. The highest BCUT2D eigenvalue weighted by Gasteiger charge is 2.24. The molecule has 2 rings (SSSR count). The smallest absolute Gasteiger partial charge is 0.193 e. The lowest BCUT2D eigenvalue weighted by atomic mass is 10.1. The predicted molar refractivity (Wildman–Crippen MR) is 83.5 cm³/mol. The summed E-state index contributed by atoms with van der Waals surface area (Å²) in [4.78, 5) is 12.3. The maximum atomic E-state index is 5.23. The Morgan fingerprint density at radius 2 is 2.50 bits per heavy atom. The van der Waals surface area contributed by atoms with Gasteiger partial charge in [0.1, 0.15) is 0 Å². The minimum Gasteiger partial charge on any atom is -0.384 e. The molecule has 20 heavy (non-hydrogen) atoms. The van der Waals surface area contributed by atoms with Crippen molar-refractivity contribution < 1.29 is 4.74 Å². The molecule has 6 heteroatoms. The zero-order valence-corrected chi connectivity index (χ0v) is 13.4. The molecule has 1 saturated heterocycles. The van der Waals surface area contributed by atoms with E-state index in [4.69, 9.17) is 4.74 Å². The van der Waals surface area contributed by atoms with E-state index in [0.717, 1.165) is 38.6 Å². The lowest BCUT2D eigenvalue weighted by Crippen LogP contribution is -2.41. The van der Waals surface area contributed by atoms with Crippen LogP contribution in [-0.2, 0) is 11.2 Å². The summed E-state index contributed by atoms with van der Waals surface area (Å²) in [6, 6.07) is 0. The summed E-state index contributed by atoms with van der Waals surface area (Å²) in [5, 5.41) is 4.62. The van der Waals surface area contributed by atoms with Gasteiger partial charge in [0.25, 0.3) is 0 Å². The molecule has 1 aromatic heterocycles. The van der Waals surface area contributed by atoms with Gasteiger partial charge in [-0.2, -0.15) is 0 Å². The van der Waals surface area contributed by atoms with Crippen LogP contribution < -0.4 is 5.32 Å². The number of nitrogens with zero attached hydrogens (tertiary/aromatic N) is 3. The van der Waals surface area contributed by atoms with Crippen LogP contribution in [0.25, 0.3) is 0 Å². The van der Waals surface area contributed by atoms with Gasteiger partial charge in [-0.05, 0) is 13.3 Å². The molecule has 1 atom stereocenters. The molecule has 0 radical (unpaired) electrons. The van der Waals surface area contributed by atoms with Crippen LogP contribution in [0.1, 0.15) is 16.3 Å². The highest BCUT2D eigenvalue weighted by molar-refractivity contribution is 7.11. The second kappa shape index (κ2) is 7.59. The van der Waals surface area contributed by atoms with Gasteiger partial charge >= 0.3 is 0 Å². The molecular formula is C14H24N4OS. The predicted octanol–water partition coefficient (Wildman–Crippen LogP) is 1.54. The summed E-state index contributed by atoms with van der Waals surface area (Å²) < 4.78 is 5.23. The molecule has 5 nitrogen and oxygen atoms in total. The highest BCUT2D eigenvalue weighted by Crippen LogP contribution is 2.16. The number of hydrogen-bond acceptors (Lipinski definition) is 4. The van der Waals surface area contributed by atoms with E-state index in [9.17, 15) is 0 Å². The second-order valence-electron chi connectivity index (χ2n) is 5.14. The number of aryl methyl sites for hydroxylation is 1. The van der Waals surface area contributed by atoms with Gasteiger partial charge in [0.15, 0.2) is 5.96 Å². The molecule has 0 spiro atoms. The quantitative estimate of drug-likeness (QED) is 0.661. The third-order valence-corrected chi connectivity index (χ3v) is 4.46. The second-order valence-corrected chi connectivity index (χ2v) is 6.46. The summed E-state index contributed by atoms with van der Waals surface area (Å²) in [6.07, 6.45) is 4.07. The number of hydrogen-bond donors (Lipinski definition) is 1. The standard InChI is InChI=1S/C14H24N4OS/c1-11-8-17-13(20-11)4-6-16-14(15-2)18-7-5-12(9-18)10-19-3/h8,12H,4-7,9-10H2,1-3H3,(H,15,16). The third kappa shape index (κ3) is 4.18. The Hall–Kier alpha value is -1.14. The van der Waals surface area contributed by atoms with E-state index in [1.54, 1.807) is 18.4 Å². The third-order valence-electron chi connectivity index (χ3n) is 3.49. The molecule has 1 aromatic rings. The van der Waals surface area contributed by atoms with Crippen LogP contribution in [0, 0.1) is 12.8 Å². The van der Waals surface area contributed by atoms with E-state index in [0.29, 0.717) is 5.92 Å². The van der Waals surface area contributed by atoms with Crippen molar-refractivity contribution in [1.29, 1.82) is 0 Å². The number of ether oxygens (including phenoxy) is 1. The SMILES string of the molecule is CN=C(NCCc1ncc(C)s1)N1CCC(COC)C1. The number of aliphatic imine (C=N–C) groups is 1. The average molecular weight is 296 g/mol. The maximum Gasteiger partial charge on any atom is 0.193 e. The molecule has 0 amide bonds. The minimum absolute atomic E-state index is 0.625. The summed E-state index contributed by atoms with van der Waals surface area (Å²) >= 11 is 1.77. The van der Waals surface area contributed by atoms with Crippen molar-refractivity contribution in [3.05, 3.63) is 16.1 Å². The van der Waals surface area contributed by atoms with Crippen LogP contribution in [-0.4, -0.2) is 56.2 Å². The first-order chi connectivity index (χ1) is 9.72. The van der Waals surface area contributed by atoms with Gasteiger partial charge in [0.2, 0.25) is 0 Å². The molecule has 2 heterocycles. The first kappa shape index (κ1) is 15.3. The van der Waals surface area contributed by atoms with Gasteiger partial charge in [-0.25, -0.2) is 4.98 Å². The summed E-state index contributed by atoms with van der Waals surface area (Å²) in [5.74, 6) is 1.62. The van der Waals surface area contributed by atoms with Crippen molar-refractivity contribution >= 4 is 17.3 Å². The van der Waals surface area contributed by atoms with Crippen molar-refractivity contribution in [3.8, 4) is 0 Å². The molecule has 1 aliphatic rings. The Labute approximate surface area is 125 Å². The zero-order valence-electron chi connectivity index (χ0n) is 12.6. The van der Waals surface area contributed by atoms with E-state index < -0.39 is 0 Å². The van der Waals surface area contributed by atoms with Crippen molar-refractivity contribution in [3.63, 3.8) is 0 Å². The topological polar surface area (TPSA) is 49.8 Å². The number of guanidine groups is 1. The molecule has 1 unspecified atom stereocenters. The van der Waals surface area contributed by atoms with Crippen LogP contribution in [0.2, 0.25) is 0 Å². The van der Waals surface area contributed by atoms with E-state index >= 15 is 0 Å². The summed E-state index contributed by atoms with van der Waals surface area (Å²) in [6.45, 7) is 5.90. The van der Waals surface area contributed by atoms with E-state index in [1.165, 1.54) is 16.3 Å². The fourth-order valence-electron chi connectivity index (χ4n) is 2.53. The van der Waals surface area contributed by atoms with E-state index in [1.807, 2.05) is 13.2 Å². The molecule has 1 aliphatic heterocycles. The van der Waals surface area contributed by atoms with Crippen molar-refractivity contribution in [2.75, 3.05) is 40.4 Å². The van der Waals surface area contributed by atoms with Crippen LogP contribution >= 0.6 is 11.3 Å². The highest BCUT2D eigenvalue weighted by atomic mass is 32.1. The molecule has 112 valence electrons. The zero-order chi connectivity index (χ0) is 14.4. The summed E-state index contributed by atoms with van der Waals surface area (Å²) in [5.41, 5.74) is 0. The van der Waals surface area contributed by atoms with Gasteiger partial charge in [0, 0.05) is 57.2 Å². The van der Waals surface area contributed by atoms with E-state index in [2.05, 4.69) is 27.1 Å². The average Bonchev–Trinajstić information content (AvgIpc) is 3.05. The normalized spacial score (nSPS) is 19.6. The molecule has 1 N–H and O–H groups in total. The van der Waals surface area contributed by atoms with Crippen molar-refractivity contribution in [2.24, 2.45) is 10.9 Å². The number of thiazole rings is 1. The Bertz CT molecular complexity index is 446. The Morgan fingerprint density at radius 1 is 1.65 bits per heavy atom. The van der Waals surface area contributed by atoms with Crippen molar-refractivity contribution in [1.82, 2.24) is 15.2 Å². The van der Waals surface area contributed by atoms with E-state index in [-0.39, 0.29) is 0 Å². The lowest BCUT2D eigenvalue weighted by molar-refractivity contribution is 0.157. The first-order valence-electron chi connectivity index (χ1n) is 7.08. The molecule has 0 aromatic carbocycles. The fourth-order valence-corrected chi connectivity index (χ4v) is 3.31. The van der Waals surface area contributed by atoms with Gasteiger partial charge in [-0.3, -0.25) is 4.99 Å². The Balaban J connectivity index is 1.76. The Kier molecular flexibility index (Phi) is 5.79. The van der Waals surface area contributed by atoms with Gasteiger partial charge in [-0.15, -0.1) is 11.3 Å². The molecule has 0 saturated carbocycles. The molecule has 0 aliphatic carbocycles. The monoisotopic (exact) mass is 296 g/mol. The first-order valence-corrected chi connectivity index (χ1v) is 7.90. The van der Waals surface area contributed by atoms with Gasteiger partial charge in [-0.1, -0.05) is 0 Å². The Morgan fingerprint density at radius 3 is 3.15 bits per heavy atom. The molecule has 1 fully saturated rings. The van der Waals surface area contributed by atoms with Crippen LogP contribution in [0.15, 0.2) is 11.2 Å². The number of likely N-dealkylation sites (tertiary alicyclic amines) is 1.